The zero-order valence-corrected chi connectivity index (χ0v) is 19.2. The van der Waals surface area contributed by atoms with E-state index in [9.17, 15) is 9.59 Å². The third-order valence-corrected chi connectivity index (χ3v) is 6.66. The zero-order valence-electron chi connectivity index (χ0n) is 18.4. The van der Waals surface area contributed by atoms with Crippen molar-refractivity contribution in [3.8, 4) is 0 Å². The first-order valence-electron chi connectivity index (χ1n) is 10.8. The average Bonchev–Trinajstić information content (AvgIpc) is 3.24. The minimum atomic E-state index is -0.208. The molecule has 7 heteroatoms. The Morgan fingerprint density at radius 1 is 1.06 bits per heavy atom. The molecule has 0 fully saturated rings. The molecule has 2 aromatic carbocycles. The number of hydrogen-bond donors (Lipinski definition) is 2. The summed E-state index contributed by atoms with van der Waals surface area (Å²) in [5.41, 5.74) is 3.86. The van der Waals surface area contributed by atoms with E-state index in [1.54, 1.807) is 12.1 Å². The van der Waals surface area contributed by atoms with Gasteiger partial charge in [-0.1, -0.05) is 42.5 Å². The molecule has 3 aromatic rings. The van der Waals surface area contributed by atoms with Crippen LogP contribution in [0.1, 0.15) is 41.0 Å². The number of nitrogens with one attached hydrogen (secondary N) is 2. The van der Waals surface area contributed by atoms with Crippen LogP contribution in [0.25, 0.3) is 0 Å². The van der Waals surface area contributed by atoms with Crippen LogP contribution in [0.2, 0.25) is 0 Å². The van der Waals surface area contributed by atoms with Crippen molar-refractivity contribution in [1.82, 2.24) is 15.2 Å². The van der Waals surface area contributed by atoms with Crippen molar-refractivity contribution in [1.29, 1.82) is 0 Å². The summed E-state index contributed by atoms with van der Waals surface area (Å²) in [4.78, 5) is 31.6. The molecule has 0 unspecified atom stereocenters. The Morgan fingerprint density at radius 2 is 1.78 bits per heavy atom. The summed E-state index contributed by atoms with van der Waals surface area (Å²) < 4.78 is 0. The highest BCUT2D eigenvalue weighted by Gasteiger charge is 2.30. The number of rotatable bonds is 7. The standard InChI is InChI=1S/C25H28N4O2S/c1-25(2,29-13-12-18-8-6-7-11-20(18)15-29)17-26-22(30)14-21-16-32-24(27-21)28-23(31)19-9-4-3-5-10-19/h3-11,16H,12-15,17H2,1-2H3,(H,26,30)(H,27,28,31). The largest absolute Gasteiger partial charge is 0.354 e. The van der Waals surface area contributed by atoms with Crippen molar-refractivity contribution in [2.45, 2.75) is 38.8 Å². The molecule has 6 nitrogen and oxygen atoms in total. The van der Waals surface area contributed by atoms with Crippen molar-refractivity contribution in [3.05, 3.63) is 82.4 Å². The molecule has 0 saturated heterocycles. The molecule has 0 aliphatic carbocycles. The number of hydrogen-bond acceptors (Lipinski definition) is 5. The molecule has 1 aromatic heterocycles. The van der Waals surface area contributed by atoms with Crippen LogP contribution in [0, 0.1) is 0 Å². The SMILES string of the molecule is CC(C)(CNC(=O)Cc1csc(NC(=O)c2ccccc2)n1)N1CCc2ccccc2C1. The summed E-state index contributed by atoms with van der Waals surface area (Å²) in [6.07, 6.45) is 1.22. The van der Waals surface area contributed by atoms with Crippen LogP contribution in [0.3, 0.4) is 0 Å². The lowest BCUT2D eigenvalue weighted by molar-refractivity contribution is -0.121. The summed E-state index contributed by atoms with van der Waals surface area (Å²) in [5.74, 6) is -0.275. The van der Waals surface area contributed by atoms with E-state index in [-0.39, 0.29) is 23.8 Å². The molecule has 166 valence electrons. The molecule has 1 aliphatic heterocycles. The highest BCUT2D eigenvalue weighted by atomic mass is 32.1. The van der Waals surface area contributed by atoms with Crippen molar-refractivity contribution < 1.29 is 9.59 Å². The van der Waals surface area contributed by atoms with Crippen molar-refractivity contribution in [3.63, 3.8) is 0 Å². The molecule has 0 spiro atoms. The van der Waals surface area contributed by atoms with Crippen LogP contribution < -0.4 is 10.6 Å². The van der Waals surface area contributed by atoms with Gasteiger partial charge in [-0.05, 0) is 43.5 Å². The van der Waals surface area contributed by atoms with Crippen LogP contribution in [0.15, 0.2) is 60.0 Å². The van der Waals surface area contributed by atoms with Crippen LogP contribution >= 0.6 is 11.3 Å². The molecule has 0 atom stereocenters. The highest BCUT2D eigenvalue weighted by molar-refractivity contribution is 7.14. The van der Waals surface area contributed by atoms with Gasteiger partial charge in [-0.15, -0.1) is 11.3 Å². The Bertz CT molecular complexity index is 1090. The molecule has 2 heterocycles. The third kappa shape index (κ3) is 5.41. The number of carbonyl (C=O) groups excluding carboxylic acids is 2. The van der Waals surface area contributed by atoms with Crippen LogP contribution in [0.5, 0.6) is 0 Å². The minimum Gasteiger partial charge on any atom is -0.354 e. The lowest BCUT2D eigenvalue weighted by atomic mass is 9.94. The molecule has 0 bridgehead atoms. The van der Waals surface area contributed by atoms with Crippen LogP contribution in [-0.4, -0.2) is 40.3 Å². The van der Waals surface area contributed by atoms with E-state index >= 15 is 0 Å². The summed E-state index contributed by atoms with van der Waals surface area (Å²) in [7, 11) is 0. The lowest BCUT2D eigenvalue weighted by Gasteiger charge is -2.41. The smallest absolute Gasteiger partial charge is 0.257 e. The molecular formula is C25H28N4O2S. The van der Waals surface area contributed by atoms with E-state index in [1.807, 2.05) is 23.6 Å². The second-order valence-corrected chi connectivity index (χ2v) is 9.53. The number of aromatic nitrogens is 1. The number of carbonyl (C=O) groups is 2. The number of nitrogens with zero attached hydrogens (tertiary/aromatic N) is 2. The monoisotopic (exact) mass is 448 g/mol. The number of amides is 2. The first kappa shape index (κ1) is 22.2. The molecule has 2 N–H and O–H groups in total. The predicted octanol–water partition coefficient (Wildman–Crippen LogP) is 3.89. The lowest BCUT2D eigenvalue weighted by Crippen LogP contribution is -2.53. The van der Waals surface area contributed by atoms with Gasteiger partial charge >= 0.3 is 0 Å². The van der Waals surface area contributed by atoms with Gasteiger partial charge in [0.05, 0.1) is 12.1 Å². The maximum absolute atomic E-state index is 12.5. The molecule has 1 aliphatic rings. The molecule has 32 heavy (non-hydrogen) atoms. The number of thiazole rings is 1. The second kappa shape index (κ2) is 9.63. The van der Waals surface area contributed by atoms with E-state index in [2.05, 4.69) is 58.6 Å². The summed E-state index contributed by atoms with van der Waals surface area (Å²) in [6.45, 7) is 6.78. The average molecular weight is 449 g/mol. The van der Waals surface area contributed by atoms with E-state index in [1.165, 1.54) is 22.5 Å². The molecule has 0 saturated carbocycles. The van der Waals surface area contributed by atoms with Crippen LogP contribution in [0.4, 0.5) is 5.13 Å². The number of fused-ring (bicyclic) bond motifs is 1. The summed E-state index contributed by atoms with van der Waals surface area (Å²) in [6, 6.07) is 17.6. The first-order valence-corrected chi connectivity index (χ1v) is 11.7. The molecule has 0 radical (unpaired) electrons. The summed E-state index contributed by atoms with van der Waals surface area (Å²) in [5, 5.41) is 8.16. The van der Waals surface area contributed by atoms with Gasteiger partial charge in [-0.25, -0.2) is 4.98 Å². The molecular weight excluding hydrogens is 420 g/mol. The summed E-state index contributed by atoms with van der Waals surface area (Å²) >= 11 is 1.32. The Balaban J connectivity index is 1.27. The van der Waals surface area contributed by atoms with E-state index < -0.39 is 0 Å². The van der Waals surface area contributed by atoms with Crippen molar-refractivity contribution in [2.75, 3.05) is 18.4 Å². The van der Waals surface area contributed by atoms with Gasteiger partial charge < -0.3 is 5.32 Å². The fourth-order valence-corrected chi connectivity index (χ4v) is 4.58. The van der Waals surface area contributed by atoms with E-state index in [4.69, 9.17) is 0 Å². The maximum Gasteiger partial charge on any atom is 0.257 e. The van der Waals surface area contributed by atoms with Crippen molar-refractivity contribution >= 4 is 28.3 Å². The molecule has 4 rings (SSSR count). The van der Waals surface area contributed by atoms with E-state index in [0.29, 0.717) is 22.9 Å². The van der Waals surface area contributed by atoms with Gasteiger partial charge in [0, 0.05) is 36.1 Å². The Labute approximate surface area is 192 Å². The highest BCUT2D eigenvalue weighted by Crippen LogP contribution is 2.25. The second-order valence-electron chi connectivity index (χ2n) is 8.67. The predicted molar refractivity (Wildman–Crippen MR) is 128 cm³/mol. The van der Waals surface area contributed by atoms with Gasteiger partial charge in [0.25, 0.3) is 5.91 Å². The number of benzene rings is 2. The van der Waals surface area contributed by atoms with Gasteiger partial charge in [0.15, 0.2) is 5.13 Å². The Kier molecular flexibility index (Phi) is 6.67. The number of anilines is 1. The zero-order chi connectivity index (χ0) is 22.6. The molecule has 2 amide bonds. The van der Waals surface area contributed by atoms with E-state index in [0.717, 1.165) is 19.5 Å². The Morgan fingerprint density at radius 3 is 2.56 bits per heavy atom. The fraction of sp³-hybridized carbons (Fsp3) is 0.320. The third-order valence-electron chi connectivity index (χ3n) is 5.85. The normalized spacial score (nSPS) is 13.9. The van der Waals surface area contributed by atoms with Gasteiger partial charge in [-0.3, -0.25) is 19.8 Å². The van der Waals surface area contributed by atoms with Gasteiger partial charge in [0.2, 0.25) is 5.91 Å². The topological polar surface area (TPSA) is 74.3 Å². The van der Waals surface area contributed by atoms with Gasteiger partial charge in [0.1, 0.15) is 0 Å². The van der Waals surface area contributed by atoms with Crippen molar-refractivity contribution in [2.24, 2.45) is 0 Å². The maximum atomic E-state index is 12.5. The van der Waals surface area contributed by atoms with Gasteiger partial charge in [-0.2, -0.15) is 0 Å². The first-order chi connectivity index (χ1) is 15.4. The fourth-order valence-electron chi connectivity index (χ4n) is 3.87. The minimum absolute atomic E-state index is 0.0679. The Hall–Kier alpha value is -3.03. The van der Waals surface area contributed by atoms with Crippen LogP contribution in [-0.2, 0) is 24.2 Å². The quantitative estimate of drug-likeness (QED) is 0.575.